The summed E-state index contributed by atoms with van der Waals surface area (Å²) in [6, 6.07) is 92.7. The van der Waals surface area contributed by atoms with E-state index in [-0.39, 0.29) is 0 Å². The molecule has 0 unspecified atom stereocenters. The molecule has 87 heavy (non-hydrogen) atoms. The Morgan fingerprint density at radius 2 is 0.563 bits per heavy atom. The fraction of sp³-hybridized carbons (Fsp3) is 0.0741. The molecule has 0 N–H and O–H groups in total. The highest BCUT2D eigenvalue weighted by molar-refractivity contribution is 6.14. The van der Waals surface area contributed by atoms with E-state index in [1.54, 1.807) is 0 Å². The van der Waals surface area contributed by atoms with E-state index in [0.29, 0.717) is 17.6 Å². The third kappa shape index (κ3) is 8.50. The fourth-order valence-electron chi connectivity index (χ4n) is 14.3. The maximum absolute atomic E-state index is 5.74. The summed E-state index contributed by atoms with van der Waals surface area (Å²) in [7, 11) is 0. The second-order valence-corrected chi connectivity index (χ2v) is 23.6. The van der Waals surface area contributed by atoms with Crippen LogP contribution < -0.4 is 0 Å². The molecule has 6 heteroatoms. The van der Waals surface area contributed by atoms with E-state index in [0.717, 1.165) is 66.4 Å². The van der Waals surface area contributed by atoms with Crippen molar-refractivity contribution in [1.82, 2.24) is 28.7 Å². The Hall–Kier alpha value is -11.0. The van der Waals surface area contributed by atoms with Crippen LogP contribution in [-0.2, 0) is 0 Å². The first-order valence-corrected chi connectivity index (χ1v) is 30.0. The molecule has 0 aliphatic heterocycles. The van der Waals surface area contributed by atoms with E-state index in [1.807, 2.05) is 0 Å². The first-order valence-electron chi connectivity index (χ1n) is 30.0. The average molecular weight is 1120 g/mol. The monoisotopic (exact) mass is 1120 g/mol. The lowest BCUT2D eigenvalue weighted by Gasteiger charge is -2.17. The van der Waals surface area contributed by atoms with Crippen molar-refractivity contribution >= 4 is 65.4 Å². The van der Waals surface area contributed by atoms with Gasteiger partial charge in [0.1, 0.15) is 0 Å². The van der Waals surface area contributed by atoms with Gasteiger partial charge in [0.25, 0.3) is 0 Å². The SMILES string of the molecule is Cc1cc(C)c(-c2ccc3c(c2)c2cc(-c4c(C)cc(C)cc4C)ccc2n3-c2nc(-c3ccccc3-n3c4ccccc4c4cc(-c5ccccc5)ccc43)nc(-c3ccccc3-n3c4ccccc4c4cc(-c5ccccc5)ccc43)n2)c(C)c1. The molecule has 16 aromatic rings. The molecule has 6 nitrogen and oxygen atoms in total. The number of benzene rings is 12. The van der Waals surface area contributed by atoms with Crippen LogP contribution in [0.2, 0.25) is 0 Å². The summed E-state index contributed by atoms with van der Waals surface area (Å²) in [6.45, 7) is 13.3. The van der Waals surface area contributed by atoms with Gasteiger partial charge >= 0.3 is 0 Å². The highest BCUT2D eigenvalue weighted by Crippen LogP contribution is 2.44. The van der Waals surface area contributed by atoms with Crippen LogP contribution in [0.1, 0.15) is 33.4 Å². The number of hydrogen-bond donors (Lipinski definition) is 0. The van der Waals surface area contributed by atoms with Gasteiger partial charge in [-0.1, -0.05) is 181 Å². The molecular formula is C81H60N6. The fourth-order valence-corrected chi connectivity index (χ4v) is 14.3. The largest absolute Gasteiger partial charge is 0.309 e. The quantitative estimate of drug-likeness (QED) is 0.145. The normalized spacial score (nSPS) is 11.8. The van der Waals surface area contributed by atoms with E-state index in [2.05, 4.69) is 310 Å². The minimum absolute atomic E-state index is 0.523. The molecule has 16 rings (SSSR count). The van der Waals surface area contributed by atoms with Gasteiger partial charge in [-0.2, -0.15) is 9.97 Å². The van der Waals surface area contributed by atoms with Crippen molar-refractivity contribution in [2.45, 2.75) is 41.5 Å². The highest BCUT2D eigenvalue weighted by atomic mass is 15.2. The number of fused-ring (bicyclic) bond motifs is 9. The Morgan fingerprint density at radius 3 is 0.989 bits per heavy atom. The second kappa shape index (κ2) is 20.4. The first kappa shape index (κ1) is 51.7. The molecule has 0 aliphatic carbocycles. The maximum atomic E-state index is 5.74. The number of rotatable bonds is 9. The van der Waals surface area contributed by atoms with Crippen LogP contribution in [0.15, 0.2) is 255 Å². The first-order chi connectivity index (χ1) is 42.6. The van der Waals surface area contributed by atoms with Crippen LogP contribution in [0.3, 0.4) is 0 Å². The molecule has 0 saturated carbocycles. The van der Waals surface area contributed by atoms with Gasteiger partial charge in [0.05, 0.1) is 44.5 Å². The summed E-state index contributed by atoms with van der Waals surface area (Å²) in [4.78, 5) is 17.2. The Bertz CT molecular complexity index is 5090. The van der Waals surface area contributed by atoms with Crippen LogP contribution in [0, 0.1) is 41.5 Å². The molecule has 0 spiro atoms. The van der Waals surface area contributed by atoms with E-state index < -0.39 is 0 Å². The zero-order chi connectivity index (χ0) is 58.6. The standard InChI is InChI=1S/C81H60N6/c1-49-41-51(3)77(52(4)42-49)59-35-39-75-67(47-59)68-48-60(78-53(5)43-50(2)44-54(78)6)36-40-76(68)87(75)81-83-79(63-27-15-19-31-71(63)85-69-29-17-13-25-61(69)65-45-57(33-37-73(65)85)55-21-9-7-10-22-55)82-80(84-81)64-28-16-20-32-72(64)86-70-30-18-14-26-62(70)66-46-58(34-38-74(66)86)56-23-11-8-12-24-56/h7-48H,1-6H3. The van der Waals surface area contributed by atoms with Crippen LogP contribution in [-0.4, -0.2) is 28.7 Å². The molecule has 12 aromatic carbocycles. The van der Waals surface area contributed by atoms with Crippen LogP contribution in [0.4, 0.5) is 0 Å². The smallest absolute Gasteiger partial charge is 0.238 e. The molecule has 0 bridgehead atoms. The highest BCUT2D eigenvalue weighted by Gasteiger charge is 2.25. The Balaban J connectivity index is 0.978. The van der Waals surface area contributed by atoms with Gasteiger partial charge in [-0.3, -0.25) is 4.57 Å². The predicted octanol–water partition coefficient (Wildman–Crippen LogP) is 21.0. The Labute approximate surface area is 505 Å². The second-order valence-electron chi connectivity index (χ2n) is 23.6. The maximum Gasteiger partial charge on any atom is 0.238 e. The van der Waals surface area contributed by atoms with E-state index in [9.17, 15) is 0 Å². The van der Waals surface area contributed by atoms with Gasteiger partial charge in [0, 0.05) is 43.4 Å². The molecule has 0 saturated heterocycles. The molecule has 0 radical (unpaired) electrons. The lowest BCUT2D eigenvalue weighted by molar-refractivity contribution is 0.950. The molecule has 414 valence electrons. The van der Waals surface area contributed by atoms with Crippen molar-refractivity contribution in [2.24, 2.45) is 0 Å². The lowest BCUT2D eigenvalue weighted by atomic mass is 9.91. The summed E-state index contributed by atoms with van der Waals surface area (Å²) in [6.07, 6.45) is 0. The van der Waals surface area contributed by atoms with Gasteiger partial charge in [-0.05, 0) is 193 Å². The summed E-state index contributed by atoms with van der Waals surface area (Å²) < 4.78 is 7.06. The molecule has 0 aliphatic rings. The number of hydrogen-bond acceptors (Lipinski definition) is 3. The third-order valence-electron chi connectivity index (χ3n) is 17.9. The van der Waals surface area contributed by atoms with Gasteiger partial charge in [0.2, 0.25) is 5.95 Å². The van der Waals surface area contributed by atoms with Crippen LogP contribution >= 0.6 is 0 Å². The lowest BCUT2D eigenvalue weighted by Crippen LogP contribution is -2.09. The minimum Gasteiger partial charge on any atom is -0.309 e. The van der Waals surface area contributed by atoms with E-state index >= 15 is 0 Å². The van der Waals surface area contributed by atoms with Crippen LogP contribution in [0.25, 0.3) is 150 Å². The summed E-state index contributed by atoms with van der Waals surface area (Å²) in [5.41, 5.74) is 27.2. The van der Waals surface area contributed by atoms with Crippen molar-refractivity contribution < 1.29 is 0 Å². The van der Waals surface area contributed by atoms with Gasteiger partial charge in [-0.15, -0.1) is 0 Å². The predicted molar refractivity (Wildman–Crippen MR) is 364 cm³/mol. The van der Waals surface area contributed by atoms with Crippen molar-refractivity contribution in [2.75, 3.05) is 0 Å². The van der Waals surface area contributed by atoms with Crippen molar-refractivity contribution in [3.05, 3.63) is 288 Å². The molecular weight excluding hydrogens is 1060 g/mol. The Kier molecular flexibility index (Phi) is 12.1. The van der Waals surface area contributed by atoms with Crippen molar-refractivity contribution in [1.29, 1.82) is 0 Å². The molecule has 0 fully saturated rings. The summed E-state index contributed by atoms with van der Waals surface area (Å²) >= 11 is 0. The zero-order valence-corrected chi connectivity index (χ0v) is 49.4. The number of para-hydroxylation sites is 4. The third-order valence-corrected chi connectivity index (χ3v) is 17.9. The van der Waals surface area contributed by atoms with Crippen molar-refractivity contribution in [3.63, 3.8) is 0 Å². The average Bonchev–Trinajstić information content (AvgIpc) is 1.69. The number of aryl methyl sites for hydroxylation is 6. The molecule has 4 heterocycles. The Morgan fingerprint density at radius 1 is 0.241 bits per heavy atom. The minimum atomic E-state index is 0.523. The molecule has 4 aromatic heterocycles. The topological polar surface area (TPSA) is 53.5 Å². The van der Waals surface area contributed by atoms with E-state index in [1.165, 1.54) is 99.4 Å². The van der Waals surface area contributed by atoms with Gasteiger partial charge in [-0.25, -0.2) is 4.98 Å². The molecule has 0 atom stereocenters. The summed E-state index contributed by atoms with van der Waals surface area (Å²) in [5, 5.41) is 6.93. The number of aromatic nitrogens is 6. The number of nitrogens with zero attached hydrogens (tertiary/aromatic N) is 6. The van der Waals surface area contributed by atoms with Crippen LogP contribution in [0.5, 0.6) is 0 Å². The van der Waals surface area contributed by atoms with Gasteiger partial charge < -0.3 is 9.13 Å². The van der Waals surface area contributed by atoms with Crippen molar-refractivity contribution in [3.8, 4) is 84.6 Å². The van der Waals surface area contributed by atoms with Gasteiger partial charge in [0.15, 0.2) is 11.6 Å². The summed E-state index contributed by atoms with van der Waals surface area (Å²) in [5.74, 6) is 1.64. The van der Waals surface area contributed by atoms with E-state index in [4.69, 9.17) is 15.0 Å². The zero-order valence-electron chi connectivity index (χ0n) is 49.4. The molecule has 0 amide bonds.